The molecule has 1 aliphatic rings. The van der Waals surface area contributed by atoms with E-state index < -0.39 is 0 Å². The van der Waals surface area contributed by atoms with Crippen LogP contribution in [0, 0.1) is 12.8 Å². The number of nitrogens with zero attached hydrogens (tertiary/aromatic N) is 1. The molecule has 15 heavy (non-hydrogen) atoms. The van der Waals surface area contributed by atoms with Gasteiger partial charge in [-0.05, 0) is 32.6 Å². The van der Waals surface area contributed by atoms with Crippen LogP contribution in [0.25, 0.3) is 0 Å². The summed E-state index contributed by atoms with van der Waals surface area (Å²) >= 11 is 0. The molecule has 2 rings (SSSR count). The highest BCUT2D eigenvalue weighted by molar-refractivity contribution is 5.88. The maximum Gasteiger partial charge on any atom is 0.320 e. The molecule has 0 radical (unpaired) electrons. The second-order valence-electron chi connectivity index (χ2n) is 4.05. The fourth-order valence-electron chi connectivity index (χ4n) is 1.50. The molecule has 0 saturated heterocycles. The first kappa shape index (κ1) is 10.0. The summed E-state index contributed by atoms with van der Waals surface area (Å²) in [6.45, 7) is 3.80. The summed E-state index contributed by atoms with van der Waals surface area (Å²) in [7, 11) is 0. The standard InChI is InChI=1S/C10H15N3O2/c1-6-5-9(13-15-6)12-10(14)11-7(2)8-3-4-8/h5,7-8H,3-4H2,1-2H3,(H2,11,12,13,14). The van der Waals surface area contributed by atoms with Crippen LogP contribution in [0.1, 0.15) is 25.5 Å². The molecule has 0 bridgehead atoms. The van der Waals surface area contributed by atoms with E-state index in [0.29, 0.717) is 17.5 Å². The van der Waals surface area contributed by atoms with Crippen molar-refractivity contribution < 1.29 is 9.32 Å². The Hall–Kier alpha value is -1.52. The van der Waals surface area contributed by atoms with Crippen LogP contribution in [0.5, 0.6) is 0 Å². The van der Waals surface area contributed by atoms with Gasteiger partial charge in [0.2, 0.25) is 0 Å². The number of rotatable bonds is 3. The molecule has 1 aliphatic carbocycles. The van der Waals surface area contributed by atoms with E-state index in [4.69, 9.17) is 4.52 Å². The molecule has 1 atom stereocenters. The number of hydrogen-bond donors (Lipinski definition) is 2. The Labute approximate surface area is 88.2 Å². The smallest absolute Gasteiger partial charge is 0.320 e. The van der Waals surface area contributed by atoms with E-state index in [1.54, 1.807) is 13.0 Å². The zero-order valence-electron chi connectivity index (χ0n) is 8.91. The predicted octanol–water partition coefficient (Wildman–Crippen LogP) is 1.90. The van der Waals surface area contributed by atoms with Gasteiger partial charge in [0, 0.05) is 12.1 Å². The van der Waals surface area contributed by atoms with Crippen LogP contribution in [-0.4, -0.2) is 17.2 Å². The third kappa shape index (κ3) is 2.71. The molecular formula is C10H15N3O2. The van der Waals surface area contributed by atoms with Gasteiger partial charge in [-0.2, -0.15) is 0 Å². The largest absolute Gasteiger partial charge is 0.360 e. The molecule has 1 saturated carbocycles. The molecular weight excluding hydrogens is 194 g/mol. The summed E-state index contributed by atoms with van der Waals surface area (Å²) < 4.78 is 4.84. The van der Waals surface area contributed by atoms with Gasteiger partial charge in [0.1, 0.15) is 5.76 Å². The normalized spacial score (nSPS) is 17.2. The van der Waals surface area contributed by atoms with Crippen LogP contribution < -0.4 is 10.6 Å². The second kappa shape index (κ2) is 3.92. The fraction of sp³-hybridized carbons (Fsp3) is 0.600. The predicted molar refractivity (Wildman–Crippen MR) is 55.6 cm³/mol. The van der Waals surface area contributed by atoms with Gasteiger partial charge in [0.05, 0.1) is 0 Å². The van der Waals surface area contributed by atoms with Gasteiger partial charge >= 0.3 is 6.03 Å². The van der Waals surface area contributed by atoms with E-state index in [1.165, 1.54) is 12.8 Å². The van der Waals surface area contributed by atoms with Crippen molar-refractivity contribution in [1.29, 1.82) is 0 Å². The minimum absolute atomic E-state index is 0.220. The Bertz CT molecular complexity index is 357. The minimum atomic E-state index is -0.220. The first-order valence-electron chi connectivity index (χ1n) is 5.16. The quantitative estimate of drug-likeness (QED) is 0.799. The Balaban J connectivity index is 1.81. The number of aryl methyl sites for hydroxylation is 1. The molecule has 82 valence electrons. The summed E-state index contributed by atoms with van der Waals surface area (Å²) in [5.41, 5.74) is 0. The average molecular weight is 209 g/mol. The van der Waals surface area contributed by atoms with Crippen LogP contribution in [-0.2, 0) is 0 Å². The molecule has 1 aromatic heterocycles. The third-order valence-corrected chi connectivity index (χ3v) is 2.56. The molecule has 2 N–H and O–H groups in total. The molecule has 2 amide bonds. The first-order chi connectivity index (χ1) is 7.15. The van der Waals surface area contributed by atoms with Crippen molar-refractivity contribution in [1.82, 2.24) is 10.5 Å². The van der Waals surface area contributed by atoms with E-state index in [1.807, 2.05) is 6.92 Å². The van der Waals surface area contributed by atoms with Crippen molar-refractivity contribution >= 4 is 11.8 Å². The monoisotopic (exact) mass is 209 g/mol. The number of hydrogen-bond acceptors (Lipinski definition) is 3. The van der Waals surface area contributed by atoms with Crippen LogP contribution >= 0.6 is 0 Å². The highest BCUT2D eigenvalue weighted by atomic mass is 16.5. The van der Waals surface area contributed by atoms with E-state index in [9.17, 15) is 4.79 Å². The number of carbonyl (C=O) groups is 1. The summed E-state index contributed by atoms with van der Waals surface area (Å²) in [4.78, 5) is 11.5. The molecule has 0 aromatic carbocycles. The lowest BCUT2D eigenvalue weighted by Gasteiger charge is -2.12. The number of amides is 2. The van der Waals surface area contributed by atoms with Gasteiger partial charge in [-0.25, -0.2) is 4.79 Å². The van der Waals surface area contributed by atoms with E-state index >= 15 is 0 Å². The first-order valence-corrected chi connectivity index (χ1v) is 5.16. The van der Waals surface area contributed by atoms with Crippen LogP contribution in [0.15, 0.2) is 10.6 Å². The van der Waals surface area contributed by atoms with Crippen molar-refractivity contribution in [2.75, 3.05) is 5.32 Å². The number of anilines is 1. The van der Waals surface area contributed by atoms with Crippen molar-refractivity contribution in [3.63, 3.8) is 0 Å². The van der Waals surface area contributed by atoms with Gasteiger partial charge in [-0.1, -0.05) is 5.16 Å². The second-order valence-corrected chi connectivity index (χ2v) is 4.05. The molecule has 1 heterocycles. The zero-order valence-corrected chi connectivity index (χ0v) is 8.91. The average Bonchev–Trinajstić information content (AvgIpc) is 2.92. The Morgan fingerprint density at radius 1 is 1.67 bits per heavy atom. The summed E-state index contributed by atoms with van der Waals surface area (Å²) in [5.74, 6) is 1.78. The third-order valence-electron chi connectivity index (χ3n) is 2.56. The molecule has 1 unspecified atom stereocenters. The Kier molecular flexibility index (Phi) is 2.62. The highest BCUT2D eigenvalue weighted by Crippen LogP contribution is 2.32. The van der Waals surface area contributed by atoms with E-state index in [0.717, 1.165) is 0 Å². The highest BCUT2D eigenvalue weighted by Gasteiger charge is 2.28. The number of aromatic nitrogens is 1. The number of urea groups is 1. The Morgan fingerprint density at radius 2 is 2.40 bits per heavy atom. The van der Waals surface area contributed by atoms with Gasteiger partial charge in [0.15, 0.2) is 5.82 Å². The van der Waals surface area contributed by atoms with Gasteiger partial charge in [0.25, 0.3) is 0 Å². The molecule has 0 aliphatic heterocycles. The van der Waals surface area contributed by atoms with Gasteiger partial charge < -0.3 is 9.84 Å². The Morgan fingerprint density at radius 3 is 2.93 bits per heavy atom. The van der Waals surface area contributed by atoms with Crippen molar-refractivity contribution in [2.45, 2.75) is 32.7 Å². The maximum absolute atomic E-state index is 11.5. The lowest BCUT2D eigenvalue weighted by atomic mass is 10.2. The van der Waals surface area contributed by atoms with Gasteiger partial charge in [-0.15, -0.1) is 0 Å². The molecule has 0 spiro atoms. The minimum Gasteiger partial charge on any atom is -0.360 e. The van der Waals surface area contributed by atoms with Crippen molar-refractivity contribution in [3.8, 4) is 0 Å². The van der Waals surface area contributed by atoms with Crippen molar-refractivity contribution in [3.05, 3.63) is 11.8 Å². The SMILES string of the molecule is Cc1cc(NC(=O)NC(C)C2CC2)no1. The lowest BCUT2D eigenvalue weighted by molar-refractivity contribution is 0.247. The number of carbonyl (C=O) groups excluding carboxylic acids is 1. The molecule has 5 nitrogen and oxygen atoms in total. The van der Waals surface area contributed by atoms with Crippen LogP contribution in [0.3, 0.4) is 0 Å². The fourth-order valence-corrected chi connectivity index (χ4v) is 1.50. The van der Waals surface area contributed by atoms with Crippen LogP contribution in [0.2, 0.25) is 0 Å². The number of nitrogens with one attached hydrogen (secondary N) is 2. The molecule has 5 heteroatoms. The zero-order chi connectivity index (χ0) is 10.8. The topological polar surface area (TPSA) is 67.2 Å². The lowest BCUT2D eigenvalue weighted by Crippen LogP contribution is -2.37. The van der Waals surface area contributed by atoms with Crippen molar-refractivity contribution in [2.24, 2.45) is 5.92 Å². The molecule has 1 fully saturated rings. The van der Waals surface area contributed by atoms with Crippen LogP contribution in [0.4, 0.5) is 10.6 Å². The summed E-state index contributed by atoms with van der Waals surface area (Å²) in [5, 5.41) is 9.17. The van der Waals surface area contributed by atoms with E-state index in [-0.39, 0.29) is 12.1 Å². The van der Waals surface area contributed by atoms with Gasteiger partial charge in [-0.3, -0.25) is 5.32 Å². The maximum atomic E-state index is 11.5. The summed E-state index contributed by atoms with van der Waals surface area (Å²) in [6, 6.07) is 1.70. The van der Waals surface area contributed by atoms with E-state index in [2.05, 4.69) is 15.8 Å². The molecule has 1 aromatic rings. The summed E-state index contributed by atoms with van der Waals surface area (Å²) in [6.07, 6.45) is 2.43.